The van der Waals surface area contributed by atoms with Crippen LogP contribution in [0.2, 0.25) is 0 Å². The van der Waals surface area contributed by atoms with E-state index in [1.54, 1.807) is 13.3 Å². The van der Waals surface area contributed by atoms with Gasteiger partial charge in [-0.2, -0.15) is 0 Å². The zero-order valence-corrected chi connectivity index (χ0v) is 16.4. The van der Waals surface area contributed by atoms with Crippen molar-refractivity contribution in [1.29, 1.82) is 0 Å². The number of aliphatic hydroxyl groups excluding tert-OH is 1. The molecule has 0 saturated heterocycles. The number of hydrogen-bond donors (Lipinski definition) is 2. The maximum Gasteiger partial charge on any atom is 0.150 e. The Morgan fingerprint density at radius 2 is 1.81 bits per heavy atom. The molecule has 0 fully saturated rings. The number of aromatic nitrogens is 3. The van der Waals surface area contributed by atoms with E-state index in [4.69, 9.17) is 0 Å². The summed E-state index contributed by atoms with van der Waals surface area (Å²) in [5.41, 5.74) is 3.97. The maximum absolute atomic E-state index is 9.67. The molecule has 6 heteroatoms. The summed E-state index contributed by atoms with van der Waals surface area (Å²) in [6.45, 7) is 2.17. The van der Waals surface area contributed by atoms with Gasteiger partial charge in [-0.1, -0.05) is 46.3 Å². The Balaban J connectivity index is 1.95. The number of anilines is 1. The van der Waals surface area contributed by atoms with Crippen molar-refractivity contribution in [3.8, 4) is 16.8 Å². The average Bonchev–Trinajstić information content (AvgIpc) is 3.08. The van der Waals surface area contributed by atoms with Crippen LogP contribution in [0, 0.1) is 0 Å². The first-order valence-electron chi connectivity index (χ1n) is 8.73. The molecule has 1 unspecified atom stereocenters. The quantitative estimate of drug-likeness (QED) is 0.491. The van der Waals surface area contributed by atoms with Crippen molar-refractivity contribution in [1.82, 2.24) is 14.5 Å². The van der Waals surface area contributed by atoms with E-state index in [1.807, 2.05) is 42.5 Å². The van der Waals surface area contributed by atoms with Crippen LogP contribution in [0.15, 0.2) is 71.6 Å². The van der Waals surface area contributed by atoms with Crippen LogP contribution >= 0.6 is 15.9 Å². The molecule has 0 radical (unpaired) electrons. The second kappa shape index (κ2) is 7.50. The highest BCUT2D eigenvalue weighted by molar-refractivity contribution is 9.10. The Bertz CT molecular complexity index is 1060. The standard InChI is InChI=1S/C21H19BrN4O/c1-14(27)11-23-20-19-18(15-5-3-2-4-6-15)12-26(21(19)25-13-24-20)17-9-7-16(22)8-10-17/h2-10,12-14,27H,11H2,1H3,(H,23,24,25). The summed E-state index contributed by atoms with van der Waals surface area (Å²) in [5, 5.41) is 13.9. The number of rotatable bonds is 5. The minimum absolute atomic E-state index is 0.420. The Hall–Kier alpha value is -2.70. The summed E-state index contributed by atoms with van der Waals surface area (Å²) < 4.78 is 3.10. The molecule has 0 saturated carbocycles. The number of halogens is 1. The number of nitrogens with one attached hydrogen (secondary N) is 1. The van der Waals surface area contributed by atoms with Crippen LogP contribution in [0.1, 0.15) is 6.92 Å². The molecule has 2 aromatic heterocycles. The van der Waals surface area contributed by atoms with E-state index in [9.17, 15) is 5.11 Å². The number of hydrogen-bond acceptors (Lipinski definition) is 4. The van der Waals surface area contributed by atoms with E-state index >= 15 is 0 Å². The molecule has 0 amide bonds. The zero-order chi connectivity index (χ0) is 18.8. The van der Waals surface area contributed by atoms with E-state index < -0.39 is 6.10 Å². The van der Waals surface area contributed by atoms with Crippen molar-refractivity contribution < 1.29 is 5.11 Å². The van der Waals surface area contributed by atoms with Crippen LogP contribution in [-0.2, 0) is 0 Å². The Morgan fingerprint density at radius 3 is 2.52 bits per heavy atom. The molecule has 0 aliphatic rings. The highest BCUT2D eigenvalue weighted by Crippen LogP contribution is 2.35. The zero-order valence-electron chi connectivity index (χ0n) is 14.8. The lowest BCUT2D eigenvalue weighted by Crippen LogP contribution is -2.16. The van der Waals surface area contributed by atoms with Gasteiger partial charge in [0.1, 0.15) is 12.1 Å². The van der Waals surface area contributed by atoms with Crippen LogP contribution in [0.3, 0.4) is 0 Å². The number of fused-ring (bicyclic) bond motifs is 1. The van der Waals surface area contributed by atoms with Gasteiger partial charge in [-0.05, 0) is 36.8 Å². The average molecular weight is 423 g/mol. The van der Waals surface area contributed by atoms with Crippen molar-refractivity contribution in [2.75, 3.05) is 11.9 Å². The first-order valence-corrected chi connectivity index (χ1v) is 9.52. The SMILES string of the molecule is CC(O)CNc1ncnc2c1c(-c1ccccc1)cn2-c1ccc(Br)cc1. The predicted octanol–water partition coefficient (Wildman–Crippen LogP) is 4.64. The van der Waals surface area contributed by atoms with Gasteiger partial charge < -0.3 is 15.0 Å². The molecular formula is C21H19BrN4O. The highest BCUT2D eigenvalue weighted by atomic mass is 79.9. The molecule has 27 heavy (non-hydrogen) atoms. The Labute approximate surface area is 165 Å². The van der Waals surface area contributed by atoms with Crippen molar-refractivity contribution in [2.24, 2.45) is 0 Å². The van der Waals surface area contributed by atoms with Crippen LogP contribution in [0.25, 0.3) is 27.8 Å². The molecule has 4 rings (SSSR count). The van der Waals surface area contributed by atoms with Crippen LogP contribution in [0.4, 0.5) is 5.82 Å². The summed E-state index contributed by atoms with van der Waals surface area (Å²) in [6, 6.07) is 18.3. The van der Waals surface area contributed by atoms with Gasteiger partial charge in [-0.3, -0.25) is 0 Å². The molecule has 0 aliphatic heterocycles. The second-order valence-electron chi connectivity index (χ2n) is 6.41. The van der Waals surface area contributed by atoms with Gasteiger partial charge >= 0.3 is 0 Å². The Kier molecular flexibility index (Phi) is 4.92. The molecule has 4 aromatic rings. The molecule has 2 aromatic carbocycles. The molecular weight excluding hydrogens is 404 g/mol. The Morgan fingerprint density at radius 1 is 1.07 bits per heavy atom. The summed E-state index contributed by atoms with van der Waals surface area (Å²) in [7, 11) is 0. The van der Waals surface area contributed by atoms with E-state index in [-0.39, 0.29) is 0 Å². The number of aliphatic hydroxyl groups is 1. The molecule has 0 aliphatic carbocycles. The third kappa shape index (κ3) is 3.59. The predicted molar refractivity (Wildman–Crippen MR) is 112 cm³/mol. The molecule has 0 spiro atoms. The number of benzene rings is 2. The second-order valence-corrected chi connectivity index (χ2v) is 7.32. The van der Waals surface area contributed by atoms with Crippen molar-refractivity contribution in [3.63, 3.8) is 0 Å². The van der Waals surface area contributed by atoms with Gasteiger partial charge in [0.25, 0.3) is 0 Å². The lowest BCUT2D eigenvalue weighted by Gasteiger charge is -2.10. The van der Waals surface area contributed by atoms with Gasteiger partial charge in [0.05, 0.1) is 11.5 Å². The third-order valence-corrected chi connectivity index (χ3v) is 4.87. The van der Waals surface area contributed by atoms with Gasteiger partial charge in [0.15, 0.2) is 5.65 Å². The lowest BCUT2D eigenvalue weighted by atomic mass is 10.1. The largest absolute Gasteiger partial charge is 0.392 e. The van der Waals surface area contributed by atoms with Crippen LogP contribution in [-0.4, -0.2) is 32.3 Å². The summed E-state index contributed by atoms with van der Waals surface area (Å²) >= 11 is 3.49. The summed E-state index contributed by atoms with van der Waals surface area (Å²) in [6.07, 6.45) is 3.17. The minimum Gasteiger partial charge on any atom is -0.392 e. The molecule has 5 nitrogen and oxygen atoms in total. The number of nitrogens with zero attached hydrogens (tertiary/aromatic N) is 3. The smallest absolute Gasteiger partial charge is 0.150 e. The van der Waals surface area contributed by atoms with Crippen molar-refractivity contribution >= 4 is 32.8 Å². The fraction of sp³-hybridized carbons (Fsp3) is 0.143. The molecule has 2 heterocycles. The molecule has 0 bridgehead atoms. The van der Waals surface area contributed by atoms with Gasteiger partial charge in [-0.25, -0.2) is 9.97 Å². The molecule has 136 valence electrons. The van der Waals surface area contributed by atoms with Gasteiger partial charge in [0.2, 0.25) is 0 Å². The topological polar surface area (TPSA) is 63.0 Å². The maximum atomic E-state index is 9.67. The van der Waals surface area contributed by atoms with E-state index in [0.717, 1.165) is 38.1 Å². The van der Waals surface area contributed by atoms with Gasteiger partial charge in [0, 0.05) is 28.5 Å². The molecule has 1 atom stereocenters. The summed E-state index contributed by atoms with van der Waals surface area (Å²) in [4.78, 5) is 8.98. The van der Waals surface area contributed by atoms with Crippen molar-refractivity contribution in [3.05, 3.63) is 71.6 Å². The fourth-order valence-electron chi connectivity index (χ4n) is 3.08. The van der Waals surface area contributed by atoms with E-state index in [2.05, 4.69) is 54.1 Å². The molecule has 2 N–H and O–H groups in total. The normalized spacial score (nSPS) is 12.3. The van der Waals surface area contributed by atoms with Crippen LogP contribution in [0.5, 0.6) is 0 Å². The van der Waals surface area contributed by atoms with E-state index in [0.29, 0.717) is 6.54 Å². The van der Waals surface area contributed by atoms with Crippen molar-refractivity contribution in [2.45, 2.75) is 13.0 Å². The highest BCUT2D eigenvalue weighted by Gasteiger charge is 2.17. The van der Waals surface area contributed by atoms with Gasteiger partial charge in [-0.15, -0.1) is 0 Å². The first-order chi connectivity index (χ1) is 13.1. The third-order valence-electron chi connectivity index (χ3n) is 4.34. The summed E-state index contributed by atoms with van der Waals surface area (Å²) in [5.74, 6) is 0.718. The van der Waals surface area contributed by atoms with E-state index in [1.165, 1.54) is 0 Å². The first kappa shape index (κ1) is 17.7. The lowest BCUT2D eigenvalue weighted by molar-refractivity contribution is 0.208. The minimum atomic E-state index is -0.469. The fourth-order valence-corrected chi connectivity index (χ4v) is 3.34. The van der Waals surface area contributed by atoms with Crippen LogP contribution < -0.4 is 5.32 Å². The monoisotopic (exact) mass is 422 g/mol.